The number of anilines is 1. The molecule has 19 heavy (non-hydrogen) atoms. The molecule has 2 rings (SSSR count). The number of benzene rings is 1. The molecule has 1 aromatic carbocycles. The summed E-state index contributed by atoms with van der Waals surface area (Å²) < 4.78 is 0. The number of unbranched alkanes of at least 4 members (excludes halogenated alkanes) is 1. The van der Waals surface area contributed by atoms with E-state index in [1.54, 1.807) is 11.0 Å². The second kappa shape index (κ2) is 5.88. The first-order chi connectivity index (χ1) is 9.06. The van der Waals surface area contributed by atoms with Gasteiger partial charge in [0.15, 0.2) is 5.11 Å². The number of rotatable bonds is 4. The maximum atomic E-state index is 12.2. The Balaban J connectivity index is 2.30. The van der Waals surface area contributed by atoms with Crippen molar-refractivity contribution in [2.75, 3.05) is 18.0 Å². The predicted molar refractivity (Wildman–Crippen MR) is 82.8 cm³/mol. The van der Waals surface area contributed by atoms with Gasteiger partial charge in [-0.05, 0) is 37.2 Å². The van der Waals surface area contributed by atoms with E-state index in [9.17, 15) is 4.79 Å². The smallest absolute Gasteiger partial charge is 0.252 e. The van der Waals surface area contributed by atoms with Crippen LogP contribution in [0.3, 0.4) is 0 Å². The van der Waals surface area contributed by atoms with Crippen molar-refractivity contribution >= 4 is 40.5 Å². The summed E-state index contributed by atoms with van der Waals surface area (Å²) in [5, 5.41) is 1.13. The molecule has 1 amide bonds. The standard InChI is InChI=1S/C14H17ClN2OS/c1-3-4-8-16-9-12(18)17(14(16)19)13-10(2)6-5-7-11(13)15/h5-7H,3-4,8-9H2,1-2H3. The van der Waals surface area contributed by atoms with Gasteiger partial charge in [0.2, 0.25) is 0 Å². The summed E-state index contributed by atoms with van der Waals surface area (Å²) in [7, 11) is 0. The molecule has 1 fully saturated rings. The molecule has 1 heterocycles. The van der Waals surface area contributed by atoms with Crippen LogP contribution in [0.5, 0.6) is 0 Å². The first kappa shape index (κ1) is 14.3. The Labute approximate surface area is 124 Å². The Bertz CT molecular complexity index is 498. The average Bonchev–Trinajstić information content (AvgIpc) is 2.63. The molecule has 0 bridgehead atoms. The lowest BCUT2D eigenvalue weighted by Crippen LogP contribution is -2.33. The van der Waals surface area contributed by atoms with Crippen LogP contribution in [0.1, 0.15) is 25.3 Å². The topological polar surface area (TPSA) is 23.6 Å². The van der Waals surface area contributed by atoms with Crippen molar-refractivity contribution in [2.45, 2.75) is 26.7 Å². The molecule has 3 nitrogen and oxygen atoms in total. The predicted octanol–water partition coefficient (Wildman–Crippen LogP) is 3.38. The number of hydrogen-bond donors (Lipinski definition) is 0. The highest BCUT2D eigenvalue weighted by molar-refractivity contribution is 7.80. The van der Waals surface area contributed by atoms with Gasteiger partial charge in [-0.1, -0.05) is 37.1 Å². The van der Waals surface area contributed by atoms with Gasteiger partial charge in [-0.3, -0.25) is 9.69 Å². The third-order valence-electron chi connectivity index (χ3n) is 3.23. The monoisotopic (exact) mass is 296 g/mol. The van der Waals surface area contributed by atoms with Crippen LogP contribution in [0.2, 0.25) is 5.02 Å². The fraction of sp³-hybridized carbons (Fsp3) is 0.429. The fourth-order valence-corrected chi connectivity index (χ4v) is 2.86. The lowest BCUT2D eigenvalue weighted by molar-refractivity contribution is -0.116. The zero-order chi connectivity index (χ0) is 14.0. The van der Waals surface area contributed by atoms with Crippen molar-refractivity contribution in [2.24, 2.45) is 0 Å². The number of thiocarbonyl (C=S) groups is 1. The number of hydrogen-bond acceptors (Lipinski definition) is 2. The Morgan fingerprint density at radius 2 is 2.16 bits per heavy atom. The molecular weight excluding hydrogens is 280 g/mol. The zero-order valence-electron chi connectivity index (χ0n) is 11.1. The number of aryl methyl sites for hydroxylation is 1. The molecule has 0 radical (unpaired) electrons. The van der Waals surface area contributed by atoms with E-state index < -0.39 is 0 Å². The van der Waals surface area contributed by atoms with E-state index in [1.807, 2.05) is 24.0 Å². The van der Waals surface area contributed by atoms with Crippen LogP contribution in [-0.2, 0) is 4.79 Å². The number of carbonyl (C=O) groups is 1. The van der Waals surface area contributed by atoms with Crippen LogP contribution >= 0.6 is 23.8 Å². The van der Waals surface area contributed by atoms with Crippen LogP contribution in [0, 0.1) is 6.92 Å². The number of carbonyl (C=O) groups excluding carboxylic acids is 1. The van der Waals surface area contributed by atoms with E-state index in [-0.39, 0.29) is 5.91 Å². The molecule has 0 aliphatic carbocycles. The van der Waals surface area contributed by atoms with Crippen LogP contribution < -0.4 is 4.90 Å². The van der Waals surface area contributed by atoms with Crippen LogP contribution in [0.4, 0.5) is 5.69 Å². The minimum Gasteiger partial charge on any atom is -0.339 e. The molecule has 0 aromatic heterocycles. The van der Waals surface area contributed by atoms with Gasteiger partial charge >= 0.3 is 0 Å². The minimum atomic E-state index is -0.00250. The maximum Gasteiger partial charge on any atom is 0.252 e. The third-order valence-corrected chi connectivity index (χ3v) is 3.98. The van der Waals surface area contributed by atoms with E-state index in [4.69, 9.17) is 23.8 Å². The molecule has 0 spiro atoms. The molecule has 0 unspecified atom stereocenters. The van der Waals surface area contributed by atoms with Gasteiger partial charge in [0.1, 0.15) is 0 Å². The molecular formula is C14H17ClN2OS. The van der Waals surface area contributed by atoms with Gasteiger partial charge in [0.05, 0.1) is 17.3 Å². The SMILES string of the molecule is CCCCN1CC(=O)N(c2c(C)cccc2Cl)C1=S. The van der Waals surface area contributed by atoms with Gasteiger partial charge in [-0.25, -0.2) is 0 Å². The van der Waals surface area contributed by atoms with Gasteiger partial charge in [0.25, 0.3) is 5.91 Å². The summed E-state index contributed by atoms with van der Waals surface area (Å²) in [4.78, 5) is 15.7. The van der Waals surface area contributed by atoms with Gasteiger partial charge in [-0.15, -0.1) is 0 Å². The van der Waals surface area contributed by atoms with Gasteiger partial charge < -0.3 is 4.90 Å². The lowest BCUT2D eigenvalue weighted by atomic mass is 10.2. The van der Waals surface area contributed by atoms with Crippen molar-refractivity contribution in [3.05, 3.63) is 28.8 Å². The summed E-state index contributed by atoms with van der Waals surface area (Å²) in [6.07, 6.45) is 2.11. The highest BCUT2D eigenvalue weighted by Gasteiger charge is 2.35. The molecule has 1 aliphatic heterocycles. The third kappa shape index (κ3) is 2.74. The van der Waals surface area contributed by atoms with Crippen LogP contribution in [0.25, 0.3) is 0 Å². The van der Waals surface area contributed by atoms with E-state index in [0.29, 0.717) is 16.7 Å². The highest BCUT2D eigenvalue weighted by atomic mass is 35.5. The molecule has 5 heteroatoms. The molecule has 0 saturated carbocycles. The van der Waals surface area contributed by atoms with Crippen molar-refractivity contribution < 1.29 is 4.79 Å². The van der Waals surface area contributed by atoms with E-state index in [0.717, 1.165) is 30.6 Å². The summed E-state index contributed by atoms with van der Waals surface area (Å²) in [5.41, 5.74) is 1.68. The Hall–Kier alpha value is -1.13. The van der Waals surface area contributed by atoms with Crippen molar-refractivity contribution in [1.29, 1.82) is 0 Å². The number of halogens is 1. The second-order valence-electron chi connectivity index (χ2n) is 4.69. The Kier molecular flexibility index (Phi) is 4.42. The van der Waals surface area contributed by atoms with Crippen molar-refractivity contribution in [3.8, 4) is 0 Å². The summed E-state index contributed by atoms with van der Waals surface area (Å²) in [6, 6.07) is 5.60. The Morgan fingerprint density at radius 1 is 1.42 bits per heavy atom. The number of nitrogens with zero attached hydrogens (tertiary/aromatic N) is 2. The van der Waals surface area contributed by atoms with Crippen molar-refractivity contribution in [3.63, 3.8) is 0 Å². The van der Waals surface area contributed by atoms with Crippen LogP contribution in [-0.4, -0.2) is 29.0 Å². The van der Waals surface area contributed by atoms with E-state index >= 15 is 0 Å². The first-order valence-electron chi connectivity index (χ1n) is 6.43. The second-order valence-corrected chi connectivity index (χ2v) is 5.46. The molecule has 0 N–H and O–H groups in total. The minimum absolute atomic E-state index is 0.00250. The number of para-hydroxylation sites is 1. The lowest BCUT2D eigenvalue weighted by Gasteiger charge is -2.22. The fourth-order valence-electron chi connectivity index (χ4n) is 2.20. The van der Waals surface area contributed by atoms with E-state index in [2.05, 4.69) is 6.92 Å². The largest absolute Gasteiger partial charge is 0.339 e. The normalized spacial score (nSPS) is 15.5. The summed E-state index contributed by atoms with van der Waals surface area (Å²) in [6.45, 7) is 5.23. The molecule has 1 aromatic rings. The van der Waals surface area contributed by atoms with Gasteiger partial charge in [-0.2, -0.15) is 0 Å². The van der Waals surface area contributed by atoms with E-state index in [1.165, 1.54) is 0 Å². The quantitative estimate of drug-likeness (QED) is 0.796. The number of amides is 1. The first-order valence-corrected chi connectivity index (χ1v) is 7.22. The average molecular weight is 297 g/mol. The summed E-state index contributed by atoms with van der Waals surface area (Å²) in [5.74, 6) is -0.00250. The molecule has 1 aliphatic rings. The molecule has 1 saturated heterocycles. The van der Waals surface area contributed by atoms with Crippen molar-refractivity contribution in [1.82, 2.24) is 4.90 Å². The zero-order valence-corrected chi connectivity index (χ0v) is 12.7. The Morgan fingerprint density at radius 3 is 2.79 bits per heavy atom. The molecule has 102 valence electrons. The summed E-state index contributed by atoms with van der Waals surface area (Å²) >= 11 is 11.6. The van der Waals surface area contributed by atoms with Crippen LogP contribution in [0.15, 0.2) is 18.2 Å². The highest BCUT2D eigenvalue weighted by Crippen LogP contribution is 2.32. The molecule has 0 atom stereocenters. The maximum absolute atomic E-state index is 12.2. The van der Waals surface area contributed by atoms with Gasteiger partial charge in [0, 0.05) is 6.54 Å².